The van der Waals surface area contributed by atoms with E-state index in [-0.39, 0.29) is 6.03 Å². The largest absolute Gasteiger partial charge is 0.369 e. The summed E-state index contributed by atoms with van der Waals surface area (Å²) in [7, 11) is 0. The van der Waals surface area contributed by atoms with E-state index in [0.29, 0.717) is 0 Å². The number of aryl methyl sites for hydroxylation is 1. The van der Waals surface area contributed by atoms with Crippen molar-refractivity contribution in [2.75, 3.05) is 0 Å². The molecular formula is C14H20N4O. The molecule has 2 aromatic rings. The Morgan fingerprint density at radius 2 is 2.00 bits per heavy atom. The normalized spacial score (nSPS) is 10.9. The molecule has 0 unspecified atom stereocenters. The molecule has 0 N–H and O–H groups in total. The molecule has 5 nitrogen and oxygen atoms in total. The minimum Gasteiger partial charge on any atom is -0.244 e. The molecule has 5 heteroatoms. The van der Waals surface area contributed by atoms with Crippen LogP contribution in [0.3, 0.4) is 0 Å². The highest BCUT2D eigenvalue weighted by Gasteiger charge is 2.19. The van der Waals surface area contributed by atoms with Crippen LogP contribution in [0.15, 0.2) is 18.5 Å². The minimum atomic E-state index is -0.209. The molecule has 0 spiro atoms. The smallest absolute Gasteiger partial charge is 0.244 e. The zero-order valence-electron chi connectivity index (χ0n) is 11.8. The molecule has 0 aliphatic heterocycles. The predicted molar refractivity (Wildman–Crippen MR) is 73.4 cm³/mol. The SMILES string of the molecule is CCCc1c(C)nn(C(=O)n2cccn2)c1CCC. The van der Waals surface area contributed by atoms with Crippen LogP contribution in [0, 0.1) is 6.92 Å². The highest BCUT2D eigenvalue weighted by atomic mass is 16.2. The highest BCUT2D eigenvalue weighted by Crippen LogP contribution is 2.18. The second-order valence-electron chi connectivity index (χ2n) is 4.66. The van der Waals surface area contributed by atoms with Crippen molar-refractivity contribution >= 4 is 6.03 Å². The summed E-state index contributed by atoms with van der Waals surface area (Å²) in [6.45, 7) is 6.22. The zero-order valence-corrected chi connectivity index (χ0v) is 11.8. The molecule has 0 atom stereocenters. The van der Waals surface area contributed by atoms with E-state index in [9.17, 15) is 4.79 Å². The van der Waals surface area contributed by atoms with Crippen molar-refractivity contribution in [3.8, 4) is 0 Å². The summed E-state index contributed by atoms with van der Waals surface area (Å²) in [5.41, 5.74) is 3.19. The Morgan fingerprint density at radius 1 is 1.26 bits per heavy atom. The number of hydrogen-bond acceptors (Lipinski definition) is 3. The zero-order chi connectivity index (χ0) is 13.8. The fourth-order valence-electron chi connectivity index (χ4n) is 2.31. The van der Waals surface area contributed by atoms with Gasteiger partial charge in [-0.3, -0.25) is 0 Å². The van der Waals surface area contributed by atoms with Crippen molar-refractivity contribution in [3.05, 3.63) is 35.4 Å². The second-order valence-corrected chi connectivity index (χ2v) is 4.66. The maximum absolute atomic E-state index is 12.4. The van der Waals surface area contributed by atoms with Crippen LogP contribution in [0.1, 0.15) is 43.6 Å². The Hall–Kier alpha value is -1.91. The number of nitrogens with zero attached hydrogens (tertiary/aromatic N) is 4. The summed E-state index contributed by atoms with van der Waals surface area (Å²) < 4.78 is 2.83. The van der Waals surface area contributed by atoms with Gasteiger partial charge in [-0.1, -0.05) is 26.7 Å². The third-order valence-corrected chi connectivity index (χ3v) is 3.16. The first kappa shape index (κ1) is 13.5. The van der Waals surface area contributed by atoms with Gasteiger partial charge in [0.05, 0.1) is 11.4 Å². The van der Waals surface area contributed by atoms with Crippen LogP contribution in [0.2, 0.25) is 0 Å². The third-order valence-electron chi connectivity index (χ3n) is 3.16. The molecule has 0 saturated carbocycles. The number of carbonyl (C=O) groups is 1. The Morgan fingerprint density at radius 3 is 2.58 bits per heavy atom. The van der Waals surface area contributed by atoms with Crippen LogP contribution < -0.4 is 0 Å². The summed E-state index contributed by atoms with van der Waals surface area (Å²) in [5.74, 6) is 0. The lowest BCUT2D eigenvalue weighted by molar-refractivity contribution is 0.237. The molecule has 0 fully saturated rings. The van der Waals surface area contributed by atoms with Crippen molar-refractivity contribution in [1.82, 2.24) is 19.6 Å². The molecular weight excluding hydrogens is 240 g/mol. The van der Waals surface area contributed by atoms with E-state index in [0.717, 1.165) is 37.1 Å². The first-order valence-electron chi connectivity index (χ1n) is 6.80. The van der Waals surface area contributed by atoms with Gasteiger partial charge in [0.2, 0.25) is 0 Å². The standard InChI is InChI=1S/C14H20N4O/c1-4-7-12-11(3)16-18(13(12)8-5-2)14(19)17-10-6-9-15-17/h6,9-10H,4-5,7-8H2,1-3H3. The molecule has 0 radical (unpaired) electrons. The van der Waals surface area contributed by atoms with E-state index in [1.807, 2.05) is 6.92 Å². The molecule has 0 aliphatic carbocycles. The first-order valence-corrected chi connectivity index (χ1v) is 6.80. The van der Waals surface area contributed by atoms with E-state index in [4.69, 9.17) is 0 Å². The summed E-state index contributed by atoms with van der Waals surface area (Å²) in [5, 5.41) is 8.39. The topological polar surface area (TPSA) is 52.7 Å². The summed E-state index contributed by atoms with van der Waals surface area (Å²) in [4.78, 5) is 12.4. The summed E-state index contributed by atoms with van der Waals surface area (Å²) >= 11 is 0. The van der Waals surface area contributed by atoms with Gasteiger partial charge in [0, 0.05) is 12.4 Å². The Kier molecular flexibility index (Phi) is 4.14. The maximum atomic E-state index is 12.4. The molecule has 0 aliphatic rings. The average molecular weight is 260 g/mol. The number of aromatic nitrogens is 4. The van der Waals surface area contributed by atoms with Gasteiger partial charge in [0.1, 0.15) is 0 Å². The molecule has 2 rings (SSSR count). The van der Waals surface area contributed by atoms with Gasteiger partial charge in [-0.2, -0.15) is 19.6 Å². The van der Waals surface area contributed by atoms with Crippen LogP contribution in [0.25, 0.3) is 0 Å². The molecule has 0 amide bonds. The van der Waals surface area contributed by atoms with E-state index >= 15 is 0 Å². The van der Waals surface area contributed by atoms with Crippen LogP contribution in [-0.4, -0.2) is 25.6 Å². The van der Waals surface area contributed by atoms with Crippen molar-refractivity contribution in [2.24, 2.45) is 0 Å². The molecule has 0 aromatic carbocycles. The van der Waals surface area contributed by atoms with Crippen molar-refractivity contribution in [2.45, 2.75) is 46.5 Å². The molecule has 2 aromatic heterocycles. The van der Waals surface area contributed by atoms with Crippen LogP contribution in [-0.2, 0) is 12.8 Å². The van der Waals surface area contributed by atoms with E-state index in [2.05, 4.69) is 24.0 Å². The fraction of sp³-hybridized carbons (Fsp3) is 0.500. The quantitative estimate of drug-likeness (QED) is 0.849. The Balaban J connectivity index is 2.44. The molecule has 0 saturated heterocycles. The van der Waals surface area contributed by atoms with E-state index < -0.39 is 0 Å². The van der Waals surface area contributed by atoms with Gasteiger partial charge >= 0.3 is 6.03 Å². The van der Waals surface area contributed by atoms with Gasteiger partial charge in [-0.25, -0.2) is 4.79 Å². The van der Waals surface area contributed by atoms with E-state index in [1.165, 1.54) is 14.9 Å². The Bertz CT molecular complexity index is 554. The second kappa shape index (κ2) is 5.82. The number of carbonyl (C=O) groups excluding carboxylic acids is 1. The van der Waals surface area contributed by atoms with Crippen LogP contribution >= 0.6 is 0 Å². The van der Waals surface area contributed by atoms with Gasteiger partial charge in [0.25, 0.3) is 0 Å². The molecule has 19 heavy (non-hydrogen) atoms. The third kappa shape index (κ3) is 2.59. The van der Waals surface area contributed by atoms with Gasteiger partial charge < -0.3 is 0 Å². The summed E-state index contributed by atoms with van der Waals surface area (Å²) in [6, 6.07) is 1.53. The average Bonchev–Trinajstić information content (AvgIpc) is 3.01. The lowest BCUT2D eigenvalue weighted by Gasteiger charge is -2.07. The minimum absolute atomic E-state index is 0.209. The number of rotatable bonds is 4. The number of hydrogen-bond donors (Lipinski definition) is 0. The van der Waals surface area contributed by atoms with Crippen molar-refractivity contribution in [3.63, 3.8) is 0 Å². The maximum Gasteiger partial charge on any atom is 0.369 e. The van der Waals surface area contributed by atoms with Gasteiger partial charge in [0.15, 0.2) is 0 Å². The van der Waals surface area contributed by atoms with Crippen LogP contribution in [0.4, 0.5) is 4.79 Å². The summed E-state index contributed by atoms with van der Waals surface area (Å²) in [6.07, 6.45) is 7.12. The molecule has 102 valence electrons. The van der Waals surface area contributed by atoms with Gasteiger partial charge in [-0.05, 0) is 31.4 Å². The Labute approximate surface area is 113 Å². The van der Waals surface area contributed by atoms with Crippen molar-refractivity contribution in [1.29, 1.82) is 0 Å². The predicted octanol–water partition coefficient (Wildman–Crippen LogP) is 2.81. The molecule has 2 heterocycles. The highest BCUT2D eigenvalue weighted by molar-refractivity contribution is 5.78. The van der Waals surface area contributed by atoms with E-state index in [1.54, 1.807) is 18.5 Å². The first-order chi connectivity index (χ1) is 9.19. The monoisotopic (exact) mass is 260 g/mol. The lowest BCUT2D eigenvalue weighted by Crippen LogP contribution is -2.23. The fourth-order valence-corrected chi connectivity index (χ4v) is 2.31. The van der Waals surface area contributed by atoms with Crippen LogP contribution in [0.5, 0.6) is 0 Å². The molecule has 0 bridgehead atoms. The lowest BCUT2D eigenvalue weighted by atomic mass is 10.1. The van der Waals surface area contributed by atoms with Gasteiger partial charge in [-0.15, -0.1) is 0 Å². The van der Waals surface area contributed by atoms with Crippen molar-refractivity contribution < 1.29 is 4.79 Å².